The van der Waals surface area contributed by atoms with Crippen LogP contribution >= 0.6 is 15.9 Å². The van der Waals surface area contributed by atoms with Crippen molar-refractivity contribution in [2.24, 2.45) is 5.73 Å². The quantitative estimate of drug-likeness (QED) is 0.895. The SMILES string of the molecule is NC1CCN(C(=O)Cc2ccccc2Br)C1. The van der Waals surface area contributed by atoms with Crippen LogP contribution in [0.4, 0.5) is 0 Å². The molecule has 1 aliphatic rings. The first-order valence-corrected chi connectivity index (χ1v) is 6.23. The topological polar surface area (TPSA) is 46.3 Å². The number of likely N-dealkylation sites (tertiary alicyclic amines) is 1. The van der Waals surface area contributed by atoms with Crippen LogP contribution in [0.1, 0.15) is 12.0 Å². The van der Waals surface area contributed by atoms with Crippen LogP contribution in [0, 0.1) is 0 Å². The van der Waals surface area contributed by atoms with Gasteiger partial charge in [0.25, 0.3) is 0 Å². The monoisotopic (exact) mass is 282 g/mol. The molecule has 0 aromatic heterocycles. The number of hydrogen-bond donors (Lipinski definition) is 1. The van der Waals surface area contributed by atoms with E-state index in [1.165, 1.54) is 0 Å². The summed E-state index contributed by atoms with van der Waals surface area (Å²) in [5.74, 6) is 0.167. The fraction of sp³-hybridized carbons (Fsp3) is 0.417. The summed E-state index contributed by atoms with van der Waals surface area (Å²) in [4.78, 5) is 13.8. The van der Waals surface area contributed by atoms with Crippen LogP contribution in [0.25, 0.3) is 0 Å². The molecule has 0 saturated carbocycles. The van der Waals surface area contributed by atoms with Crippen LogP contribution in [0.3, 0.4) is 0 Å². The first-order valence-electron chi connectivity index (χ1n) is 5.43. The summed E-state index contributed by atoms with van der Waals surface area (Å²) in [5.41, 5.74) is 6.82. The third kappa shape index (κ3) is 2.62. The summed E-state index contributed by atoms with van der Waals surface area (Å²) in [5, 5.41) is 0. The Morgan fingerprint density at radius 2 is 2.25 bits per heavy atom. The van der Waals surface area contributed by atoms with E-state index in [-0.39, 0.29) is 11.9 Å². The minimum Gasteiger partial charge on any atom is -0.341 e. The highest BCUT2D eigenvalue weighted by Gasteiger charge is 2.23. The van der Waals surface area contributed by atoms with Gasteiger partial charge in [0.15, 0.2) is 0 Å². The summed E-state index contributed by atoms with van der Waals surface area (Å²) in [7, 11) is 0. The third-order valence-corrected chi connectivity index (χ3v) is 3.65. The standard InChI is InChI=1S/C12H15BrN2O/c13-11-4-2-1-3-9(11)7-12(16)15-6-5-10(14)8-15/h1-4,10H,5-8,14H2. The number of nitrogens with two attached hydrogens (primary N) is 1. The Balaban J connectivity index is 2.00. The Morgan fingerprint density at radius 3 is 2.88 bits per heavy atom. The lowest BCUT2D eigenvalue weighted by Crippen LogP contribution is -2.32. The number of rotatable bonds is 2. The van der Waals surface area contributed by atoms with E-state index < -0.39 is 0 Å². The van der Waals surface area contributed by atoms with Gasteiger partial charge in [0.2, 0.25) is 5.91 Å². The molecule has 0 spiro atoms. The molecule has 1 amide bonds. The second-order valence-corrected chi connectivity index (χ2v) is 5.01. The highest BCUT2D eigenvalue weighted by atomic mass is 79.9. The fourth-order valence-electron chi connectivity index (χ4n) is 1.93. The van der Waals surface area contributed by atoms with Gasteiger partial charge in [-0.25, -0.2) is 0 Å². The maximum absolute atomic E-state index is 12.0. The summed E-state index contributed by atoms with van der Waals surface area (Å²) in [6.07, 6.45) is 1.37. The first-order chi connectivity index (χ1) is 7.66. The van der Waals surface area contributed by atoms with E-state index >= 15 is 0 Å². The van der Waals surface area contributed by atoms with Crippen LogP contribution in [0.2, 0.25) is 0 Å². The maximum Gasteiger partial charge on any atom is 0.227 e. The van der Waals surface area contributed by atoms with E-state index in [4.69, 9.17) is 5.73 Å². The molecular formula is C12H15BrN2O. The molecule has 0 aliphatic carbocycles. The molecule has 3 nitrogen and oxygen atoms in total. The van der Waals surface area contributed by atoms with Crippen molar-refractivity contribution in [1.29, 1.82) is 0 Å². The molecule has 2 N–H and O–H groups in total. The lowest BCUT2D eigenvalue weighted by molar-refractivity contribution is -0.129. The average Bonchev–Trinajstić information content (AvgIpc) is 2.68. The predicted molar refractivity (Wildman–Crippen MR) is 67.0 cm³/mol. The van der Waals surface area contributed by atoms with Gasteiger partial charge in [-0.15, -0.1) is 0 Å². The van der Waals surface area contributed by atoms with Crippen LogP contribution in [0.15, 0.2) is 28.7 Å². The van der Waals surface area contributed by atoms with E-state index in [0.29, 0.717) is 13.0 Å². The van der Waals surface area contributed by atoms with Gasteiger partial charge in [-0.2, -0.15) is 0 Å². The fourth-order valence-corrected chi connectivity index (χ4v) is 2.36. The van der Waals surface area contributed by atoms with Crippen LogP contribution in [-0.2, 0) is 11.2 Å². The number of carbonyl (C=O) groups excluding carboxylic acids is 1. The van der Waals surface area contributed by atoms with Crippen molar-refractivity contribution < 1.29 is 4.79 Å². The normalized spacial score (nSPS) is 20.1. The van der Waals surface area contributed by atoms with Crippen molar-refractivity contribution in [3.8, 4) is 0 Å². The van der Waals surface area contributed by atoms with Gasteiger partial charge in [0.1, 0.15) is 0 Å². The molecule has 1 aromatic carbocycles. The summed E-state index contributed by atoms with van der Waals surface area (Å²) < 4.78 is 0.992. The Labute approximate surface area is 104 Å². The summed E-state index contributed by atoms with van der Waals surface area (Å²) in [6, 6.07) is 7.98. The molecule has 0 bridgehead atoms. The lowest BCUT2D eigenvalue weighted by atomic mass is 10.1. The van der Waals surface area contributed by atoms with E-state index in [1.807, 2.05) is 29.2 Å². The number of nitrogens with zero attached hydrogens (tertiary/aromatic N) is 1. The van der Waals surface area contributed by atoms with Gasteiger partial charge in [0.05, 0.1) is 6.42 Å². The van der Waals surface area contributed by atoms with Crippen molar-refractivity contribution >= 4 is 21.8 Å². The molecule has 1 aromatic rings. The van der Waals surface area contributed by atoms with Gasteiger partial charge >= 0.3 is 0 Å². The molecular weight excluding hydrogens is 268 g/mol. The van der Waals surface area contributed by atoms with Crippen molar-refractivity contribution in [3.05, 3.63) is 34.3 Å². The highest BCUT2D eigenvalue weighted by Crippen LogP contribution is 2.18. The Bertz CT molecular complexity index is 394. The van der Waals surface area contributed by atoms with Crippen molar-refractivity contribution in [2.45, 2.75) is 18.9 Å². The van der Waals surface area contributed by atoms with E-state index in [1.54, 1.807) is 0 Å². The van der Waals surface area contributed by atoms with E-state index in [0.717, 1.165) is 23.0 Å². The zero-order valence-corrected chi connectivity index (χ0v) is 10.6. The smallest absolute Gasteiger partial charge is 0.227 e. The first kappa shape index (κ1) is 11.6. The van der Waals surface area contributed by atoms with E-state index in [2.05, 4.69) is 15.9 Å². The molecule has 1 fully saturated rings. The molecule has 1 aliphatic heterocycles. The number of hydrogen-bond acceptors (Lipinski definition) is 2. The maximum atomic E-state index is 12.0. The molecule has 86 valence electrons. The lowest BCUT2D eigenvalue weighted by Gasteiger charge is -2.16. The minimum absolute atomic E-state index is 0.156. The van der Waals surface area contributed by atoms with Gasteiger partial charge in [-0.05, 0) is 18.1 Å². The van der Waals surface area contributed by atoms with Crippen molar-refractivity contribution in [1.82, 2.24) is 4.90 Å². The number of carbonyl (C=O) groups is 1. The highest BCUT2D eigenvalue weighted by molar-refractivity contribution is 9.10. The van der Waals surface area contributed by atoms with Crippen LogP contribution in [-0.4, -0.2) is 29.9 Å². The summed E-state index contributed by atoms with van der Waals surface area (Å²) >= 11 is 3.45. The Hall–Kier alpha value is -0.870. The average molecular weight is 283 g/mol. The molecule has 0 radical (unpaired) electrons. The molecule has 1 saturated heterocycles. The number of benzene rings is 1. The number of amides is 1. The van der Waals surface area contributed by atoms with Crippen molar-refractivity contribution in [2.75, 3.05) is 13.1 Å². The summed E-state index contributed by atoms with van der Waals surface area (Å²) in [6.45, 7) is 1.49. The molecule has 1 unspecified atom stereocenters. The third-order valence-electron chi connectivity index (χ3n) is 2.88. The van der Waals surface area contributed by atoms with Gasteiger partial charge in [-0.1, -0.05) is 34.1 Å². The Morgan fingerprint density at radius 1 is 1.50 bits per heavy atom. The zero-order chi connectivity index (χ0) is 11.5. The van der Waals surface area contributed by atoms with Gasteiger partial charge in [0, 0.05) is 23.6 Å². The second kappa shape index (κ2) is 4.97. The second-order valence-electron chi connectivity index (χ2n) is 4.16. The number of halogens is 1. The van der Waals surface area contributed by atoms with E-state index in [9.17, 15) is 4.79 Å². The molecule has 16 heavy (non-hydrogen) atoms. The van der Waals surface area contributed by atoms with Crippen LogP contribution in [0.5, 0.6) is 0 Å². The molecule has 1 atom stereocenters. The molecule has 1 heterocycles. The van der Waals surface area contributed by atoms with Crippen molar-refractivity contribution in [3.63, 3.8) is 0 Å². The predicted octanol–water partition coefficient (Wildman–Crippen LogP) is 1.55. The largest absolute Gasteiger partial charge is 0.341 e. The van der Waals surface area contributed by atoms with Gasteiger partial charge < -0.3 is 10.6 Å². The molecule has 4 heteroatoms. The Kier molecular flexibility index (Phi) is 3.61. The molecule has 2 rings (SSSR count). The van der Waals surface area contributed by atoms with Crippen LogP contribution < -0.4 is 5.73 Å². The zero-order valence-electron chi connectivity index (χ0n) is 9.03. The van der Waals surface area contributed by atoms with Gasteiger partial charge in [-0.3, -0.25) is 4.79 Å². The minimum atomic E-state index is 0.156.